The van der Waals surface area contributed by atoms with Gasteiger partial charge in [-0.25, -0.2) is 0 Å². The highest BCUT2D eigenvalue weighted by molar-refractivity contribution is 7.13. The van der Waals surface area contributed by atoms with Crippen molar-refractivity contribution < 1.29 is 9.84 Å². The van der Waals surface area contributed by atoms with Crippen molar-refractivity contribution >= 4 is 17.4 Å². The Kier molecular flexibility index (Phi) is 4.18. The van der Waals surface area contributed by atoms with Crippen molar-refractivity contribution in [3.8, 4) is 5.75 Å². The lowest BCUT2D eigenvalue weighted by Gasteiger charge is -2.14. The lowest BCUT2D eigenvalue weighted by Crippen LogP contribution is -2.02. The minimum absolute atomic E-state index is 0.589. The molecule has 3 heteroatoms. The fraction of sp³-hybridized carbons (Fsp3) is 0.200. The van der Waals surface area contributed by atoms with Gasteiger partial charge in [0.1, 0.15) is 11.9 Å². The van der Waals surface area contributed by atoms with Crippen molar-refractivity contribution in [1.29, 1.82) is 0 Å². The molecule has 2 aromatic rings. The largest absolute Gasteiger partial charge is 0.493 e. The van der Waals surface area contributed by atoms with E-state index in [9.17, 15) is 5.11 Å². The van der Waals surface area contributed by atoms with Crippen LogP contribution in [0.1, 0.15) is 28.3 Å². The van der Waals surface area contributed by atoms with E-state index >= 15 is 0 Å². The molecule has 1 aromatic carbocycles. The van der Waals surface area contributed by atoms with E-state index < -0.39 is 6.10 Å². The van der Waals surface area contributed by atoms with Crippen LogP contribution < -0.4 is 4.74 Å². The molecular formula is C15H16O2S. The zero-order chi connectivity index (χ0) is 13.0. The summed E-state index contributed by atoms with van der Waals surface area (Å²) in [4.78, 5) is 1.95. The maximum atomic E-state index is 10.4. The van der Waals surface area contributed by atoms with Crippen LogP contribution in [-0.2, 0) is 0 Å². The molecule has 1 unspecified atom stereocenters. The summed E-state index contributed by atoms with van der Waals surface area (Å²) in [6.45, 7) is 6.25. The molecular weight excluding hydrogens is 244 g/mol. The van der Waals surface area contributed by atoms with Crippen LogP contribution >= 0.6 is 11.3 Å². The normalized spacial score (nSPS) is 12.1. The third kappa shape index (κ3) is 2.63. The highest BCUT2D eigenvalue weighted by atomic mass is 32.1. The Balaban J connectivity index is 2.32. The Bertz CT molecular complexity index is 531. The van der Waals surface area contributed by atoms with E-state index in [1.807, 2.05) is 43.3 Å². The van der Waals surface area contributed by atoms with Gasteiger partial charge in [0.15, 0.2) is 0 Å². The van der Waals surface area contributed by atoms with Crippen LogP contribution in [0.2, 0.25) is 0 Å². The van der Waals surface area contributed by atoms with Gasteiger partial charge in [0.25, 0.3) is 0 Å². The van der Waals surface area contributed by atoms with Crippen molar-refractivity contribution in [1.82, 2.24) is 0 Å². The van der Waals surface area contributed by atoms with Crippen LogP contribution in [0, 0.1) is 0 Å². The molecule has 0 aliphatic carbocycles. The Labute approximate surface area is 111 Å². The first-order valence-corrected chi connectivity index (χ1v) is 6.70. The highest BCUT2D eigenvalue weighted by Gasteiger charge is 2.16. The van der Waals surface area contributed by atoms with Crippen LogP contribution in [0.5, 0.6) is 5.75 Å². The number of aliphatic hydroxyl groups is 1. The van der Waals surface area contributed by atoms with Gasteiger partial charge in [-0.2, -0.15) is 0 Å². The Hall–Kier alpha value is -1.58. The fourth-order valence-corrected chi connectivity index (χ4v) is 2.64. The molecule has 0 amide bonds. The molecule has 0 saturated carbocycles. The second-order valence-corrected chi connectivity index (χ2v) is 4.96. The third-order valence-corrected chi connectivity index (χ3v) is 3.77. The van der Waals surface area contributed by atoms with Gasteiger partial charge < -0.3 is 9.84 Å². The molecule has 1 heterocycles. The molecule has 0 aliphatic rings. The molecule has 0 spiro atoms. The van der Waals surface area contributed by atoms with E-state index in [2.05, 4.69) is 6.58 Å². The molecule has 0 bridgehead atoms. The summed E-state index contributed by atoms with van der Waals surface area (Å²) >= 11 is 1.54. The number of thiophene rings is 1. The average Bonchev–Trinajstić information content (AvgIpc) is 2.88. The molecule has 94 valence electrons. The van der Waals surface area contributed by atoms with Gasteiger partial charge in [0, 0.05) is 15.3 Å². The summed E-state index contributed by atoms with van der Waals surface area (Å²) in [6, 6.07) is 11.5. The van der Waals surface area contributed by atoms with Crippen LogP contribution in [0.4, 0.5) is 0 Å². The third-order valence-electron chi connectivity index (χ3n) is 2.63. The highest BCUT2D eigenvalue weighted by Crippen LogP contribution is 2.33. The summed E-state index contributed by atoms with van der Waals surface area (Å²) < 4.78 is 5.54. The van der Waals surface area contributed by atoms with Crippen molar-refractivity contribution in [3.05, 3.63) is 58.3 Å². The van der Waals surface area contributed by atoms with E-state index in [1.165, 1.54) is 11.3 Å². The molecule has 0 fully saturated rings. The second kappa shape index (κ2) is 5.85. The van der Waals surface area contributed by atoms with Gasteiger partial charge in [0.2, 0.25) is 0 Å². The molecule has 1 N–H and O–H groups in total. The molecule has 18 heavy (non-hydrogen) atoms. The summed E-state index contributed by atoms with van der Waals surface area (Å²) in [5.41, 5.74) is 0.803. The number of para-hydroxylation sites is 1. The second-order valence-electron chi connectivity index (χ2n) is 3.82. The Morgan fingerprint density at radius 1 is 1.33 bits per heavy atom. The molecule has 0 saturated heterocycles. The molecule has 0 aliphatic heterocycles. The van der Waals surface area contributed by atoms with Gasteiger partial charge in [-0.1, -0.05) is 30.9 Å². The summed E-state index contributed by atoms with van der Waals surface area (Å²) in [7, 11) is 0. The monoisotopic (exact) mass is 260 g/mol. The number of hydrogen-bond donors (Lipinski definition) is 1. The predicted octanol–water partition coefficient (Wildman–Crippen LogP) is 3.87. The summed E-state index contributed by atoms with van der Waals surface area (Å²) in [5, 5.41) is 10.4. The van der Waals surface area contributed by atoms with Gasteiger partial charge in [0.05, 0.1) is 6.61 Å². The van der Waals surface area contributed by atoms with E-state index in [4.69, 9.17) is 4.74 Å². The smallest absolute Gasteiger partial charge is 0.125 e. The molecule has 1 aromatic heterocycles. The lowest BCUT2D eigenvalue weighted by atomic mass is 10.1. The minimum atomic E-state index is -0.647. The van der Waals surface area contributed by atoms with Gasteiger partial charge >= 0.3 is 0 Å². The number of ether oxygens (including phenoxy) is 1. The van der Waals surface area contributed by atoms with Crippen molar-refractivity contribution in [2.24, 2.45) is 0 Å². The summed E-state index contributed by atoms with van der Waals surface area (Å²) in [6.07, 6.45) is 1.14. The van der Waals surface area contributed by atoms with E-state index in [1.54, 1.807) is 6.08 Å². The maximum Gasteiger partial charge on any atom is 0.125 e. The number of hydrogen-bond acceptors (Lipinski definition) is 3. The van der Waals surface area contributed by atoms with Gasteiger partial charge in [-0.3, -0.25) is 0 Å². The van der Waals surface area contributed by atoms with Crippen LogP contribution in [0.25, 0.3) is 6.08 Å². The van der Waals surface area contributed by atoms with Crippen LogP contribution in [0.15, 0.2) is 43.0 Å². The number of aliphatic hydroxyl groups excluding tert-OH is 1. The molecule has 0 radical (unpaired) electrons. The Morgan fingerprint density at radius 3 is 2.78 bits per heavy atom. The quantitative estimate of drug-likeness (QED) is 0.884. The molecule has 2 rings (SSSR count). The van der Waals surface area contributed by atoms with Crippen molar-refractivity contribution in [3.63, 3.8) is 0 Å². The van der Waals surface area contributed by atoms with Crippen molar-refractivity contribution in [2.45, 2.75) is 13.0 Å². The van der Waals surface area contributed by atoms with E-state index in [-0.39, 0.29) is 0 Å². The summed E-state index contributed by atoms with van der Waals surface area (Å²) in [5.74, 6) is 0.737. The van der Waals surface area contributed by atoms with Crippen LogP contribution in [-0.4, -0.2) is 11.7 Å². The van der Waals surface area contributed by atoms with Crippen molar-refractivity contribution in [2.75, 3.05) is 6.61 Å². The first-order valence-electron chi connectivity index (χ1n) is 5.88. The van der Waals surface area contributed by atoms with E-state index in [0.717, 1.165) is 21.1 Å². The predicted molar refractivity (Wildman–Crippen MR) is 76.1 cm³/mol. The average molecular weight is 260 g/mol. The standard InChI is InChI=1S/C15H16O2S/c1-3-11-9-10-14(18-11)15(16)12-7-5-6-8-13(12)17-4-2/h3,5-10,15-16H,1,4H2,2H3. The van der Waals surface area contributed by atoms with Gasteiger partial charge in [-0.05, 0) is 25.1 Å². The Morgan fingerprint density at radius 2 is 2.11 bits per heavy atom. The SMILES string of the molecule is C=Cc1ccc(C(O)c2ccccc2OCC)s1. The first-order chi connectivity index (χ1) is 8.76. The van der Waals surface area contributed by atoms with E-state index in [0.29, 0.717) is 6.61 Å². The first kappa shape index (κ1) is 12.9. The number of rotatable bonds is 5. The fourth-order valence-electron chi connectivity index (χ4n) is 1.77. The zero-order valence-corrected chi connectivity index (χ0v) is 11.1. The zero-order valence-electron chi connectivity index (χ0n) is 10.3. The molecule has 2 nitrogen and oxygen atoms in total. The van der Waals surface area contributed by atoms with Crippen LogP contribution in [0.3, 0.4) is 0 Å². The minimum Gasteiger partial charge on any atom is -0.493 e. The molecule has 1 atom stereocenters. The topological polar surface area (TPSA) is 29.5 Å². The number of benzene rings is 1. The maximum absolute atomic E-state index is 10.4. The lowest BCUT2D eigenvalue weighted by molar-refractivity contribution is 0.215. The van der Waals surface area contributed by atoms with Gasteiger partial charge in [-0.15, -0.1) is 11.3 Å².